The second kappa shape index (κ2) is 5.51. The van der Waals surface area contributed by atoms with Crippen molar-refractivity contribution >= 4 is 34.1 Å². The van der Waals surface area contributed by atoms with Crippen LogP contribution in [0.2, 0.25) is 5.02 Å². The largest absolute Gasteiger partial charge is 0.268 e. The normalized spacial score (nSPS) is 11.0. The second-order valence-corrected chi connectivity index (χ2v) is 5.45. The Bertz CT molecular complexity index is 887. The molecule has 0 aliphatic heterocycles. The summed E-state index contributed by atoms with van der Waals surface area (Å²) in [5, 5.41) is 0.996. The van der Waals surface area contributed by atoms with Crippen LogP contribution < -0.4 is 5.56 Å². The molecule has 3 aromatic rings. The molecule has 2 aromatic carbocycles. The summed E-state index contributed by atoms with van der Waals surface area (Å²) in [6, 6.07) is 12.7. The standard InChI is InChI=1S/C16H12Cl2N2O/c1-10-4-2-3-5-14(10)20-15(9-17)19-13-7-6-11(18)8-12(13)16(20)21/h2-8H,9H2,1H3. The summed E-state index contributed by atoms with van der Waals surface area (Å²) in [4.78, 5) is 17.3. The maximum Gasteiger partial charge on any atom is 0.266 e. The van der Waals surface area contributed by atoms with Crippen LogP contribution in [0.25, 0.3) is 16.6 Å². The molecule has 3 nitrogen and oxygen atoms in total. The van der Waals surface area contributed by atoms with Gasteiger partial charge in [0.15, 0.2) is 0 Å². The lowest BCUT2D eigenvalue weighted by Crippen LogP contribution is -2.24. The number of aryl methyl sites for hydroxylation is 1. The molecule has 0 radical (unpaired) electrons. The number of benzene rings is 2. The molecule has 5 heteroatoms. The topological polar surface area (TPSA) is 34.9 Å². The first-order valence-corrected chi connectivity index (χ1v) is 7.36. The Labute approximate surface area is 131 Å². The van der Waals surface area contributed by atoms with E-state index in [9.17, 15) is 4.79 Å². The summed E-state index contributed by atoms with van der Waals surface area (Å²) in [6.07, 6.45) is 0. The monoisotopic (exact) mass is 318 g/mol. The van der Waals surface area contributed by atoms with Crippen molar-refractivity contribution in [2.45, 2.75) is 12.8 Å². The molecular formula is C16H12Cl2N2O. The highest BCUT2D eigenvalue weighted by atomic mass is 35.5. The molecule has 0 saturated heterocycles. The highest BCUT2D eigenvalue weighted by Gasteiger charge is 2.13. The van der Waals surface area contributed by atoms with Crippen LogP contribution in [0.15, 0.2) is 47.3 Å². The highest BCUT2D eigenvalue weighted by molar-refractivity contribution is 6.31. The molecule has 0 saturated carbocycles. The van der Waals surface area contributed by atoms with Crippen molar-refractivity contribution in [1.29, 1.82) is 0 Å². The number of nitrogens with zero attached hydrogens (tertiary/aromatic N) is 2. The zero-order chi connectivity index (χ0) is 15.0. The van der Waals surface area contributed by atoms with E-state index in [1.165, 1.54) is 0 Å². The third-order valence-electron chi connectivity index (χ3n) is 3.38. The Balaban J connectivity index is 2.44. The summed E-state index contributed by atoms with van der Waals surface area (Å²) >= 11 is 12.0. The Hall–Kier alpha value is -1.84. The Morgan fingerprint density at radius 2 is 1.95 bits per heavy atom. The number of alkyl halides is 1. The van der Waals surface area contributed by atoms with Crippen LogP contribution in [0.3, 0.4) is 0 Å². The van der Waals surface area contributed by atoms with Crippen LogP contribution in [-0.4, -0.2) is 9.55 Å². The van der Waals surface area contributed by atoms with Gasteiger partial charge < -0.3 is 0 Å². The summed E-state index contributed by atoms with van der Waals surface area (Å²) in [5.41, 5.74) is 2.21. The first kappa shape index (κ1) is 14.1. The van der Waals surface area contributed by atoms with Gasteiger partial charge in [-0.25, -0.2) is 4.98 Å². The van der Waals surface area contributed by atoms with Crippen LogP contribution in [0.5, 0.6) is 0 Å². The van der Waals surface area contributed by atoms with E-state index in [1.807, 2.05) is 31.2 Å². The fourth-order valence-corrected chi connectivity index (χ4v) is 2.71. The molecule has 0 fully saturated rings. The summed E-state index contributed by atoms with van der Waals surface area (Å²) in [7, 11) is 0. The SMILES string of the molecule is Cc1ccccc1-n1c(CCl)nc2ccc(Cl)cc2c1=O. The van der Waals surface area contributed by atoms with Crippen LogP contribution in [0.1, 0.15) is 11.4 Å². The number of hydrogen-bond donors (Lipinski definition) is 0. The fraction of sp³-hybridized carbons (Fsp3) is 0.125. The Kier molecular flexibility index (Phi) is 3.70. The van der Waals surface area contributed by atoms with Gasteiger partial charge in [-0.2, -0.15) is 0 Å². The molecule has 0 spiro atoms. The van der Waals surface area contributed by atoms with Crippen molar-refractivity contribution in [3.8, 4) is 5.69 Å². The average Bonchev–Trinajstić information content (AvgIpc) is 2.49. The molecule has 0 unspecified atom stereocenters. The molecule has 0 aliphatic rings. The van der Waals surface area contributed by atoms with Crippen molar-refractivity contribution in [3.05, 3.63) is 69.2 Å². The molecule has 1 heterocycles. The molecule has 3 rings (SSSR count). The van der Waals surface area contributed by atoms with Crippen LogP contribution in [0.4, 0.5) is 0 Å². The minimum atomic E-state index is -0.160. The molecule has 0 amide bonds. The minimum Gasteiger partial charge on any atom is -0.268 e. The van der Waals surface area contributed by atoms with Crippen molar-refractivity contribution in [1.82, 2.24) is 9.55 Å². The molecule has 21 heavy (non-hydrogen) atoms. The van der Waals surface area contributed by atoms with Crippen LogP contribution >= 0.6 is 23.2 Å². The molecule has 0 atom stereocenters. The quantitative estimate of drug-likeness (QED) is 0.667. The van der Waals surface area contributed by atoms with Gasteiger partial charge in [0, 0.05) is 5.02 Å². The third-order valence-corrected chi connectivity index (χ3v) is 3.85. The van der Waals surface area contributed by atoms with Gasteiger partial charge in [0.05, 0.1) is 22.5 Å². The van der Waals surface area contributed by atoms with E-state index in [2.05, 4.69) is 4.98 Å². The summed E-state index contributed by atoms with van der Waals surface area (Å²) < 4.78 is 1.56. The van der Waals surface area contributed by atoms with E-state index < -0.39 is 0 Å². The number of rotatable bonds is 2. The van der Waals surface area contributed by atoms with Gasteiger partial charge in [-0.05, 0) is 36.8 Å². The predicted octanol–water partition coefficient (Wildman–Crippen LogP) is 4.09. The van der Waals surface area contributed by atoms with Crippen molar-refractivity contribution in [2.75, 3.05) is 0 Å². The van der Waals surface area contributed by atoms with E-state index >= 15 is 0 Å². The van der Waals surface area contributed by atoms with E-state index in [4.69, 9.17) is 23.2 Å². The number of halogens is 2. The minimum absolute atomic E-state index is 0.155. The van der Waals surface area contributed by atoms with Crippen molar-refractivity contribution in [2.24, 2.45) is 0 Å². The lowest BCUT2D eigenvalue weighted by molar-refractivity contribution is 0.875. The van der Waals surface area contributed by atoms with Crippen molar-refractivity contribution < 1.29 is 0 Å². The van der Waals surface area contributed by atoms with E-state index in [1.54, 1.807) is 22.8 Å². The average molecular weight is 319 g/mol. The van der Waals surface area contributed by atoms with Gasteiger partial charge in [-0.3, -0.25) is 9.36 Å². The van der Waals surface area contributed by atoms with Crippen LogP contribution in [-0.2, 0) is 5.88 Å². The number of para-hydroxylation sites is 1. The van der Waals surface area contributed by atoms with E-state index in [0.717, 1.165) is 11.3 Å². The van der Waals surface area contributed by atoms with Gasteiger partial charge in [0.2, 0.25) is 0 Å². The van der Waals surface area contributed by atoms with Gasteiger partial charge in [-0.15, -0.1) is 11.6 Å². The lowest BCUT2D eigenvalue weighted by Gasteiger charge is -2.14. The van der Waals surface area contributed by atoms with Gasteiger partial charge in [0.1, 0.15) is 5.82 Å². The first-order chi connectivity index (χ1) is 10.1. The smallest absolute Gasteiger partial charge is 0.266 e. The molecule has 106 valence electrons. The molecular weight excluding hydrogens is 307 g/mol. The molecule has 1 aromatic heterocycles. The second-order valence-electron chi connectivity index (χ2n) is 4.75. The lowest BCUT2D eigenvalue weighted by atomic mass is 10.2. The fourth-order valence-electron chi connectivity index (χ4n) is 2.36. The van der Waals surface area contributed by atoms with Gasteiger partial charge in [0.25, 0.3) is 5.56 Å². The van der Waals surface area contributed by atoms with Gasteiger partial charge >= 0.3 is 0 Å². The number of hydrogen-bond acceptors (Lipinski definition) is 2. The maximum absolute atomic E-state index is 12.8. The molecule has 0 aliphatic carbocycles. The number of aromatic nitrogens is 2. The van der Waals surface area contributed by atoms with E-state index in [0.29, 0.717) is 21.7 Å². The highest BCUT2D eigenvalue weighted by Crippen LogP contribution is 2.19. The maximum atomic E-state index is 12.8. The van der Waals surface area contributed by atoms with Crippen molar-refractivity contribution in [3.63, 3.8) is 0 Å². The predicted molar refractivity (Wildman–Crippen MR) is 86.6 cm³/mol. The zero-order valence-electron chi connectivity index (χ0n) is 11.3. The van der Waals surface area contributed by atoms with Crippen LogP contribution in [0, 0.1) is 6.92 Å². The zero-order valence-corrected chi connectivity index (χ0v) is 12.8. The molecule has 0 N–H and O–H groups in total. The summed E-state index contributed by atoms with van der Waals surface area (Å²) in [6.45, 7) is 1.95. The molecule has 0 bridgehead atoms. The Morgan fingerprint density at radius 1 is 1.19 bits per heavy atom. The number of fused-ring (bicyclic) bond motifs is 1. The first-order valence-electron chi connectivity index (χ1n) is 6.45. The Morgan fingerprint density at radius 3 is 2.67 bits per heavy atom. The van der Waals surface area contributed by atoms with E-state index in [-0.39, 0.29) is 11.4 Å². The third kappa shape index (κ3) is 2.43. The summed E-state index contributed by atoms with van der Waals surface area (Å²) in [5.74, 6) is 0.674. The van der Waals surface area contributed by atoms with Gasteiger partial charge in [-0.1, -0.05) is 29.8 Å².